The molecule has 1 aromatic heterocycles. The van der Waals surface area contributed by atoms with Crippen molar-refractivity contribution >= 4 is 32.8 Å². The molecule has 0 amide bonds. The molecule has 0 saturated carbocycles. The highest BCUT2D eigenvalue weighted by Gasteiger charge is 2.34. The number of methoxy groups -OCH3 is 1. The van der Waals surface area contributed by atoms with Crippen LogP contribution < -0.4 is 0 Å². The molecule has 0 N–H and O–H groups in total. The molecule has 7 nitrogen and oxygen atoms in total. The van der Waals surface area contributed by atoms with Gasteiger partial charge in [0.1, 0.15) is 0 Å². The number of carbonyl (C=O) groups excluding carboxylic acids is 2. The average Bonchev–Trinajstić information content (AvgIpc) is 3.18. The van der Waals surface area contributed by atoms with Crippen LogP contribution in [0.3, 0.4) is 0 Å². The summed E-state index contributed by atoms with van der Waals surface area (Å²) in [6.07, 6.45) is 2.66. The fourth-order valence-electron chi connectivity index (χ4n) is 4.05. The number of carbonyl (C=O) groups is 2. The number of hydrogen-bond donors (Lipinski definition) is 0. The van der Waals surface area contributed by atoms with Crippen LogP contribution in [-0.2, 0) is 14.8 Å². The van der Waals surface area contributed by atoms with Gasteiger partial charge in [0, 0.05) is 24.7 Å². The van der Waals surface area contributed by atoms with E-state index in [4.69, 9.17) is 4.74 Å². The summed E-state index contributed by atoms with van der Waals surface area (Å²) in [7, 11) is -2.39. The number of benzene rings is 2. The Labute approximate surface area is 181 Å². The van der Waals surface area contributed by atoms with Gasteiger partial charge in [-0.05, 0) is 38.0 Å². The lowest BCUT2D eigenvalue weighted by Crippen LogP contribution is -2.43. The second kappa shape index (κ2) is 8.28. The molecule has 0 spiro atoms. The predicted molar refractivity (Wildman–Crippen MR) is 117 cm³/mol. The first-order chi connectivity index (χ1) is 14.8. The molecule has 0 aliphatic carbocycles. The predicted octanol–water partition coefficient (Wildman–Crippen LogP) is 3.48. The van der Waals surface area contributed by atoms with E-state index >= 15 is 0 Å². The summed E-state index contributed by atoms with van der Waals surface area (Å²) >= 11 is 0. The highest BCUT2D eigenvalue weighted by atomic mass is 32.2. The Morgan fingerprint density at radius 2 is 1.77 bits per heavy atom. The van der Waals surface area contributed by atoms with E-state index in [-0.39, 0.29) is 17.3 Å². The first-order valence-corrected chi connectivity index (χ1v) is 11.6. The van der Waals surface area contributed by atoms with Crippen molar-refractivity contribution in [3.8, 4) is 0 Å². The first-order valence-electron chi connectivity index (χ1n) is 10.1. The molecule has 162 valence electrons. The molecule has 0 unspecified atom stereocenters. The molecule has 2 heterocycles. The molecule has 31 heavy (non-hydrogen) atoms. The van der Waals surface area contributed by atoms with Gasteiger partial charge < -0.3 is 4.74 Å². The number of aromatic nitrogens is 1. The zero-order chi connectivity index (χ0) is 22.2. The van der Waals surface area contributed by atoms with E-state index in [1.165, 1.54) is 22.2 Å². The Balaban J connectivity index is 1.64. The SMILES string of the molecule is COC(=O)c1cn(C(=O)[C@H]2CCCN(S(=O)(=O)c3ccc(C)cc3)C2)c2ccccc12. The summed E-state index contributed by atoms with van der Waals surface area (Å²) in [5.41, 5.74) is 1.89. The van der Waals surface area contributed by atoms with Crippen molar-refractivity contribution in [2.24, 2.45) is 5.92 Å². The number of sulfonamides is 1. The van der Waals surface area contributed by atoms with Crippen molar-refractivity contribution in [3.05, 3.63) is 65.9 Å². The van der Waals surface area contributed by atoms with Crippen molar-refractivity contribution in [2.45, 2.75) is 24.7 Å². The summed E-state index contributed by atoms with van der Waals surface area (Å²) in [5.74, 6) is -1.25. The maximum atomic E-state index is 13.4. The lowest BCUT2D eigenvalue weighted by Gasteiger charge is -2.31. The number of nitrogens with zero attached hydrogens (tertiary/aromatic N) is 2. The van der Waals surface area contributed by atoms with E-state index in [0.29, 0.717) is 35.9 Å². The van der Waals surface area contributed by atoms with Crippen LogP contribution in [0.25, 0.3) is 10.9 Å². The minimum atomic E-state index is -3.68. The highest BCUT2D eigenvalue weighted by molar-refractivity contribution is 7.89. The molecule has 1 aliphatic heterocycles. The zero-order valence-electron chi connectivity index (χ0n) is 17.4. The third kappa shape index (κ3) is 3.88. The number of ether oxygens (including phenoxy) is 1. The molecule has 8 heteroatoms. The zero-order valence-corrected chi connectivity index (χ0v) is 18.3. The summed E-state index contributed by atoms with van der Waals surface area (Å²) in [5, 5.41) is 0.627. The fraction of sp³-hybridized carbons (Fsp3) is 0.304. The smallest absolute Gasteiger partial charge is 0.340 e. The van der Waals surface area contributed by atoms with Crippen LogP contribution in [0.5, 0.6) is 0 Å². The van der Waals surface area contributed by atoms with Gasteiger partial charge in [-0.15, -0.1) is 0 Å². The molecule has 0 radical (unpaired) electrons. The summed E-state index contributed by atoms with van der Waals surface area (Å²) in [6, 6.07) is 13.8. The lowest BCUT2D eigenvalue weighted by atomic mass is 9.98. The Kier molecular flexibility index (Phi) is 5.68. The highest BCUT2D eigenvalue weighted by Crippen LogP contribution is 2.28. The quantitative estimate of drug-likeness (QED) is 0.580. The molecule has 1 fully saturated rings. The number of rotatable bonds is 4. The number of para-hydroxylation sites is 1. The van der Waals surface area contributed by atoms with Gasteiger partial charge in [0.15, 0.2) is 0 Å². The van der Waals surface area contributed by atoms with E-state index in [2.05, 4.69) is 0 Å². The van der Waals surface area contributed by atoms with Crippen LogP contribution in [0.15, 0.2) is 59.6 Å². The van der Waals surface area contributed by atoms with Gasteiger partial charge in [-0.25, -0.2) is 13.2 Å². The number of piperidine rings is 1. The van der Waals surface area contributed by atoms with Gasteiger partial charge in [-0.1, -0.05) is 35.9 Å². The van der Waals surface area contributed by atoms with Gasteiger partial charge >= 0.3 is 5.97 Å². The summed E-state index contributed by atoms with van der Waals surface area (Å²) in [6.45, 7) is 2.38. The van der Waals surface area contributed by atoms with Crippen molar-refractivity contribution in [3.63, 3.8) is 0 Å². The minimum absolute atomic E-state index is 0.106. The van der Waals surface area contributed by atoms with Gasteiger partial charge in [0.25, 0.3) is 0 Å². The second-order valence-electron chi connectivity index (χ2n) is 7.78. The maximum Gasteiger partial charge on any atom is 0.340 e. The molecule has 0 bridgehead atoms. The summed E-state index contributed by atoms with van der Waals surface area (Å²) < 4.78 is 33.9. The van der Waals surface area contributed by atoms with E-state index in [1.54, 1.807) is 48.5 Å². The van der Waals surface area contributed by atoms with Gasteiger partial charge in [-0.2, -0.15) is 4.31 Å². The van der Waals surface area contributed by atoms with Crippen molar-refractivity contribution in [2.75, 3.05) is 20.2 Å². The number of esters is 1. The standard InChI is InChI=1S/C23H24N2O5S/c1-16-9-11-18(12-10-16)31(28,29)24-13-5-6-17(14-24)22(26)25-15-20(23(27)30-2)19-7-3-4-8-21(19)25/h3-4,7-12,15,17H,5-6,13-14H2,1-2H3/t17-/m0/s1. The second-order valence-corrected chi connectivity index (χ2v) is 9.71. The van der Waals surface area contributed by atoms with E-state index in [0.717, 1.165) is 5.56 Å². The normalized spacial score (nSPS) is 17.5. The van der Waals surface area contributed by atoms with Crippen LogP contribution >= 0.6 is 0 Å². The van der Waals surface area contributed by atoms with Gasteiger partial charge in [0.05, 0.1) is 29.0 Å². The van der Waals surface area contributed by atoms with Crippen LogP contribution in [0.2, 0.25) is 0 Å². The average molecular weight is 441 g/mol. The Morgan fingerprint density at radius 1 is 1.06 bits per heavy atom. The summed E-state index contributed by atoms with van der Waals surface area (Å²) in [4.78, 5) is 25.8. The van der Waals surface area contributed by atoms with Crippen molar-refractivity contribution < 1.29 is 22.7 Å². The van der Waals surface area contributed by atoms with E-state index < -0.39 is 21.9 Å². The van der Waals surface area contributed by atoms with E-state index in [9.17, 15) is 18.0 Å². The first kappa shape index (κ1) is 21.3. The minimum Gasteiger partial charge on any atom is -0.465 e. The maximum absolute atomic E-state index is 13.4. The number of hydrogen-bond acceptors (Lipinski definition) is 5. The molecule has 1 atom stereocenters. The van der Waals surface area contributed by atoms with Crippen LogP contribution in [0.4, 0.5) is 0 Å². The van der Waals surface area contributed by atoms with Crippen LogP contribution in [0, 0.1) is 12.8 Å². The molecule has 2 aromatic carbocycles. The Morgan fingerprint density at radius 3 is 2.48 bits per heavy atom. The molecule has 4 rings (SSSR count). The molecular formula is C23H24N2O5S. The van der Waals surface area contributed by atoms with Crippen LogP contribution in [-0.4, -0.2) is 49.4 Å². The van der Waals surface area contributed by atoms with E-state index in [1.807, 2.05) is 6.92 Å². The lowest BCUT2D eigenvalue weighted by molar-refractivity contribution is 0.0603. The third-order valence-electron chi connectivity index (χ3n) is 5.75. The molecule has 3 aromatic rings. The Bertz CT molecular complexity index is 1240. The van der Waals surface area contributed by atoms with Crippen molar-refractivity contribution in [1.82, 2.24) is 8.87 Å². The topological polar surface area (TPSA) is 85.7 Å². The number of aryl methyl sites for hydroxylation is 1. The monoisotopic (exact) mass is 440 g/mol. The Hall–Kier alpha value is -2.97. The van der Waals surface area contributed by atoms with Gasteiger partial charge in [-0.3, -0.25) is 9.36 Å². The molecule has 1 saturated heterocycles. The van der Waals surface area contributed by atoms with Crippen molar-refractivity contribution in [1.29, 1.82) is 0 Å². The van der Waals surface area contributed by atoms with Gasteiger partial charge in [0.2, 0.25) is 15.9 Å². The third-order valence-corrected chi connectivity index (χ3v) is 7.63. The molecule has 1 aliphatic rings. The largest absolute Gasteiger partial charge is 0.465 e. The van der Waals surface area contributed by atoms with Crippen LogP contribution in [0.1, 0.15) is 33.6 Å². The molecular weight excluding hydrogens is 416 g/mol. The fourth-order valence-corrected chi connectivity index (χ4v) is 5.58. The number of fused-ring (bicyclic) bond motifs is 1.